The first-order chi connectivity index (χ1) is 7.57. The van der Waals surface area contributed by atoms with Crippen LogP contribution in [0.25, 0.3) is 0 Å². The molecule has 0 aromatic carbocycles. The van der Waals surface area contributed by atoms with Gasteiger partial charge in [-0.05, 0) is 74.7 Å². The van der Waals surface area contributed by atoms with E-state index in [4.69, 9.17) is 0 Å². The molecule has 0 aliphatic heterocycles. The zero-order valence-electron chi connectivity index (χ0n) is 9.87. The predicted molar refractivity (Wildman–Crippen MR) is 59.4 cm³/mol. The van der Waals surface area contributed by atoms with Gasteiger partial charge in [-0.15, -0.1) is 0 Å². The normalized spacial score (nSPS) is 46.1. The highest BCUT2D eigenvalue weighted by atomic mass is 16.4. The van der Waals surface area contributed by atoms with Crippen molar-refractivity contribution in [2.45, 2.75) is 45.4 Å². The minimum absolute atomic E-state index is 0.231. The number of allylic oxidation sites excluding steroid dienone is 1. The molecular weight excluding hydrogens is 200 g/mol. The van der Waals surface area contributed by atoms with Crippen molar-refractivity contribution < 1.29 is 9.90 Å². The topological polar surface area (TPSA) is 40.1 Å². The summed E-state index contributed by atoms with van der Waals surface area (Å²) in [6, 6.07) is 0. The van der Waals surface area contributed by atoms with Crippen LogP contribution in [0.2, 0.25) is 0 Å². The summed E-state index contributed by atoms with van der Waals surface area (Å²) in [4.78, 5) is 10.7. The van der Waals surface area contributed by atoms with Gasteiger partial charge in [-0.2, -0.15) is 0 Å². The van der Waals surface area contributed by atoms with E-state index in [1.165, 1.54) is 44.6 Å². The summed E-state index contributed by atoms with van der Waals surface area (Å²) < 4.78 is 0. The maximum absolute atomic E-state index is 10.7. The van der Waals surface area contributed by atoms with Gasteiger partial charge in [-0.25, -0.2) is 0 Å². The van der Waals surface area contributed by atoms with Gasteiger partial charge in [0, 0.05) is 0 Å². The highest BCUT2D eigenvalue weighted by molar-refractivity contribution is 5.78. The molecule has 4 saturated carbocycles. The predicted octanol–water partition coefficient (Wildman–Crippen LogP) is 1.90. The first-order valence-corrected chi connectivity index (χ1v) is 6.47. The summed E-state index contributed by atoms with van der Waals surface area (Å²) in [6.07, 6.45) is 9.25. The Morgan fingerprint density at radius 1 is 1.12 bits per heavy atom. The summed E-state index contributed by atoms with van der Waals surface area (Å²) in [5, 5.41) is 10.7. The quantitative estimate of drug-likeness (QED) is 0.665. The van der Waals surface area contributed by atoms with Crippen molar-refractivity contribution in [2.24, 2.45) is 23.2 Å². The summed E-state index contributed by atoms with van der Waals surface area (Å²) in [5.74, 6) is 1.59. The molecule has 0 radical (unpaired) electrons. The molecule has 4 rings (SSSR count). The van der Waals surface area contributed by atoms with Gasteiger partial charge in [-0.1, -0.05) is 5.57 Å². The van der Waals surface area contributed by atoms with E-state index in [9.17, 15) is 9.90 Å². The van der Waals surface area contributed by atoms with Gasteiger partial charge in [0.2, 0.25) is 0 Å². The van der Waals surface area contributed by atoms with Crippen molar-refractivity contribution in [1.82, 2.24) is 0 Å². The van der Waals surface area contributed by atoms with Crippen molar-refractivity contribution in [3.05, 3.63) is 11.6 Å². The highest BCUT2D eigenvalue weighted by Gasteiger charge is 2.51. The van der Waals surface area contributed by atoms with E-state index >= 15 is 0 Å². The Morgan fingerprint density at radius 3 is 1.94 bits per heavy atom. The number of rotatable bonds is 2. The lowest BCUT2D eigenvalue weighted by Crippen LogP contribution is -2.46. The second-order valence-electron chi connectivity index (χ2n) is 6.34. The molecule has 2 nitrogen and oxygen atoms in total. The third-order valence-electron chi connectivity index (χ3n) is 5.21. The molecule has 0 N–H and O–H groups in total. The molecule has 4 bridgehead atoms. The molecule has 0 amide bonds. The number of carbonyl (C=O) groups excluding carboxylic acids is 1. The van der Waals surface area contributed by atoms with Crippen LogP contribution in [0.4, 0.5) is 0 Å². The SMILES string of the molecule is CC(=CC(=O)[O-])C12CC3CC(CC(C3)C1)C2. The second kappa shape index (κ2) is 3.35. The van der Waals surface area contributed by atoms with Crippen molar-refractivity contribution >= 4 is 5.97 Å². The fourth-order valence-electron chi connectivity index (χ4n) is 4.92. The number of carboxylic acid groups (broad SMARTS) is 1. The van der Waals surface area contributed by atoms with Crippen LogP contribution in [-0.2, 0) is 4.79 Å². The Labute approximate surface area is 96.7 Å². The molecule has 2 heteroatoms. The van der Waals surface area contributed by atoms with Gasteiger partial charge in [0.05, 0.1) is 5.97 Å². The number of aliphatic carboxylic acids is 1. The van der Waals surface area contributed by atoms with E-state index in [-0.39, 0.29) is 5.41 Å². The minimum Gasteiger partial charge on any atom is -0.545 e. The average Bonchev–Trinajstić information content (AvgIpc) is 2.13. The molecular formula is C14H19O2-. The zero-order valence-corrected chi connectivity index (χ0v) is 9.87. The monoisotopic (exact) mass is 219 g/mol. The average molecular weight is 219 g/mol. The lowest BCUT2D eigenvalue weighted by molar-refractivity contribution is -0.297. The number of hydrogen-bond acceptors (Lipinski definition) is 2. The standard InChI is InChI=1S/C14H20O2/c1-9(2-13(15)16)14-6-10-3-11(7-14)5-12(4-10)8-14/h2,10-12H,3-8H2,1H3,(H,15,16)/p-1. The number of carboxylic acids is 1. The summed E-state index contributed by atoms with van der Waals surface area (Å²) in [7, 11) is 0. The lowest BCUT2D eigenvalue weighted by Gasteiger charge is -2.57. The molecule has 0 spiro atoms. The van der Waals surface area contributed by atoms with Crippen molar-refractivity contribution in [2.75, 3.05) is 0 Å². The second-order valence-corrected chi connectivity index (χ2v) is 6.34. The van der Waals surface area contributed by atoms with Crippen LogP contribution in [0.3, 0.4) is 0 Å². The first kappa shape index (κ1) is 10.4. The van der Waals surface area contributed by atoms with E-state index in [2.05, 4.69) is 0 Å². The van der Waals surface area contributed by atoms with Gasteiger partial charge < -0.3 is 9.90 Å². The third kappa shape index (κ3) is 1.50. The largest absolute Gasteiger partial charge is 0.545 e. The zero-order chi connectivity index (χ0) is 11.3. The summed E-state index contributed by atoms with van der Waals surface area (Å²) >= 11 is 0. The Balaban J connectivity index is 1.91. The highest BCUT2D eigenvalue weighted by Crippen LogP contribution is 2.62. The van der Waals surface area contributed by atoms with Crippen LogP contribution in [0.5, 0.6) is 0 Å². The molecule has 4 aliphatic carbocycles. The molecule has 0 aromatic heterocycles. The molecule has 0 aromatic rings. The van der Waals surface area contributed by atoms with E-state index in [0.29, 0.717) is 0 Å². The molecule has 4 fully saturated rings. The van der Waals surface area contributed by atoms with Crippen LogP contribution < -0.4 is 5.11 Å². The van der Waals surface area contributed by atoms with E-state index in [0.717, 1.165) is 23.3 Å². The number of carbonyl (C=O) groups is 1. The maximum Gasteiger partial charge on any atom is 0.0642 e. The summed E-state index contributed by atoms with van der Waals surface area (Å²) in [6.45, 7) is 2.00. The van der Waals surface area contributed by atoms with Crippen LogP contribution in [0.15, 0.2) is 11.6 Å². The summed E-state index contributed by atoms with van der Waals surface area (Å²) in [5.41, 5.74) is 1.31. The van der Waals surface area contributed by atoms with Crippen LogP contribution in [0, 0.1) is 23.2 Å². The molecule has 88 valence electrons. The van der Waals surface area contributed by atoms with Gasteiger partial charge in [-0.3, -0.25) is 0 Å². The van der Waals surface area contributed by atoms with Crippen molar-refractivity contribution in [3.63, 3.8) is 0 Å². The van der Waals surface area contributed by atoms with E-state index < -0.39 is 5.97 Å². The molecule has 4 aliphatic rings. The molecule has 0 unspecified atom stereocenters. The number of hydrogen-bond donors (Lipinski definition) is 0. The lowest BCUT2D eigenvalue weighted by atomic mass is 9.48. The Hall–Kier alpha value is -0.790. The Bertz CT molecular complexity index is 318. The van der Waals surface area contributed by atoms with Crippen LogP contribution in [-0.4, -0.2) is 5.97 Å². The van der Waals surface area contributed by atoms with E-state index in [1.807, 2.05) is 6.92 Å². The molecule has 0 saturated heterocycles. The molecule has 0 heterocycles. The maximum atomic E-state index is 10.7. The Morgan fingerprint density at radius 2 is 1.56 bits per heavy atom. The fraction of sp³-hybridized carbons (Fsp3) is 0.786. The smallest absolute Gasteiger partial charge is 0.0642 e. The van der Waals surface area contributed by atoms with Gasteiger partial charge >= 0.3 is 0 Å². The third-order valence-corrected chi connectivity index (χ3v) is 5.21. The molecule has 0 atom stereocenters. The molecule has 16 heavy (non-hydrogen) atoms. The fourth-order valence-corrected chi connectivity index (χ4v) is 4.92. The van der Waals surface area contributed by atoms with Crippen molar-refractivity contribution in [1.29, 1.82) is 0 Å². The van der Waals surface area contributed by atoms with Crippen LogP contribution in [0.1, 0.15) is 45.4 Å². The van der Waals surface area contributed by atoms with Gasteiger partial charge in [0.15, 0.2) is 0 Å². The van der Waals surface area contributed by atoms with Crippen molar-refractivity contribution in [3.8, 4) is 0 Å². The van der Waals surface area contributed by atoms with Gasteiger partial charge in [0.1, 0.15) is 0 Å². The first-order valence-electron chi connectivity index (χ1n) is 6.47. The van der Waals surface area contributed by atoms with Crippen LogP contribution >= 0.6 is 0 Å². The van der Waals surface area contributed by atoms with E-state index in [1.54, 1.807) is 0 Å². The minimum atomic E-state index is -1.02. The van der Waals surface area contributed by atoms with Gasteiger partial charge in [0.25, 0.3) is 0 Å². The Kier molecular flexibility index (Phi) is 2.17.